The van der Waals surface area contributed by atoms with Gasteiger partial charge in [0.2, 0.25) is 0 Å². The van der Waals surface area contributed by atoms with E-state index in [0.717, 1.165) is 21.4 Å². The average molecular weight is 305 g/mol. The Morgan fingerprint density at radius 1 is 1.38 bits per heavy atom. The van der Waals surface area contributed by atoms with Crippen LogP contribution in [-0.4, -0.2) is 22.1 Å². The van der Waals surface area contributed by atoms with E-state index in [2.05, 4.69) is 22.9 Å². The minimum absolute atomic E-state index is 0.220. The molecular formula is C12H17BrO2S. The van der Waals surface area contributed by atoms with Crippen molar-refractivity contribution < 1.29 is 10.2 Å². The van der Waals surface area contributed by atoms with Gasteiger partial charge in [0.05, 0.1) is 6.10 Å². The summed E-state index contributed by atoms with van der Waals surface area (Å²) < 4.78 is 1.00. The lowest BCUT2D eigenvalue weighted by Crippen LogP contribution is -1.99. The number of rotatable bonds is 5. The molecule has 0 saturated heterocycles. The van der Waals surface area contributed by atoms with Crippen molar-refractivity contribution in [3.05, 3.63) is 28.2 Å². The zero-order chi connectivity index (χ0) is 12.1. The number of thioether (sulfide) groups is 1. The Morgan fingerprint density at radius 2 is 2.06 bits per heavy atom. The normalized spacial score (nSPS) is 14.8. The quantitative estimate of drug-likeness (QED) is 0.820. The molecule has 2 N–H and O–H groups in total. The first-order chi connectivity index (χ1) is 7.54. The zero-order valence-electron chi connectivity index (χ0n) is 9.48. The van der Waals surface area contributed by atoms with E-state index in [9.17, 15) is 5.11 Å². The largest absolute Gasteiger partial charge is 0.396 e. The molecule has 0 radical (unpaired) electrons. The van der Waals surface area contributed by atoms with Crippen LogP contribution in [0.3, 0.4) is 0 Å². The number of hydrogen-bond donors (Lipinski definition) is 2. The molecule has 0 aliphatic carbocycles. The van der Waals surface area contributed by atoms with Gasteiger partial charge >= 0.3 is 0 Å². The molecular weight excluding hydrogens is 288 g/mol. The van der Waals surface area contributed by atoms with Crippen LogP contribution >= 0.6 is 27.7 Å². The molecule has 1 aromatic carbocycles. The molecule has 4 heteroatoms. The summed E-state index contributed by atoms with van der Waals surface area (Å²) in [5.41, 5.74) is 0.908. The smallest absolute Gasteiger partial charge is 0.0762 e. The van der Waals surface area contributed by atoms with Crippen molar-refractivity contribution in [1.29, 1.82) is 0 Å². The van der Waals surface area contributed by atoms with E-state index in [1.54, 1.807) is 18.7 Å². The van der Waals surface area contributed by atoms with Crippen LogP contribution < -0.4 is 0 Å². The lowest BCUT2D eigenvalue weighted by atomic mass is 10.1. The Hall–Kier alpha value is -0.0300. The van der Waals surface area contributed by atoms with Crippen LogP contribution in [-0.2, 0) is 0 Å². The van der Waals surface area contributed by atoms with Crippen LogP contribution in [0.25, 0.3) is 0 Å². The molecule has 0 bridgehead atoms. The Balaban J connectivity index is 2.75. The van der Waals surface area contributed by atoms with Crippen molar-refractivity contribution in [3.8, 4) is 0 Å². The van der Waals surface area contributed by atoms with Gasteiger partial charge in [-0.25, -0.2) is 0 Å². The third-order valence-corrected chi connectivity index (χ3v) is 4.47. The van der Waals surface area contributed by atoms with E-state index >= 15 is 0 Å². The molecule has 90 valence electrons. The van der Waals surface area contributed by atoms with E-state index in [1.807, 2.05) is 18.2 Å². The summed E-state index contributed by atoms with van der Waals surface area (Å²) in [6, 6.07) is 5.88. The third-order valence-electron chi connectivity index (χ3n) is 2.30. The molecule has 0 aromatic heterocycles. The zero-order valence-corrected chi connectivity index (χ0v) is 11.9. The SMILES string of the molecule is CC(CCO)Sc1ccc(C(C)O)cc1Br. The van der Waals surface area contributed by atoms with E-state index < -0.39 is 6.10 Å². The summed E-state index contributed by atoms with van der Waals surface area (Å²) in [5.74, 6) is 0. The van der Waals surface area contributed by atoms with Crippen LogP contribution in [0.15, 0.2) is 27.6 Å². The van der Waals surface area contributed by atoms with Gasteiger partial charge in [0.1, 0.15) is 0 Å². The second-order valence-electron chi connectivity index (χ2n) is 3.81. The minimum Gasteiger partial charge on any atom is -0.396 e. The molecule has 1 aromatic rings. The summed E-state index contributed by atoms with van der Waals surface area (Å²) in [6.45, 7) is 4.07. The third kappa shape index (κ3) is 4.09. The molecule has 0 heterocycles. The van der Waals surface area contributed by atoms with Crippen molar-refractivity contribution in [2.45, 2.75) is 36.5 Å². The summed E-state index contributed by atoms with van der Waals surface area (Å²) in [7, 11) is 0. The van der Waals surface area contributed by atoms with E-state index in [4.69, 9.17) is 5.11 Å². The molecule has 0 saturated carbocycles. The van der Waals surface area contributed by atoms with Gasteiger partial charge in [0.15, 0.2) is 0 Å². The molecule has 0 amide bonds. The summed E-state index contributed by atoms with van der Waals surface area (Å²) >= 11 is 5.23. The standard InChI is InChI=1S/C12H17BrO2S/c1-8(5-6-14)16-12-4-3-10(9(2)15)7-11(12)13/h3-4,7-9,14-15H,5-6H2,1-2H3. The van der Waals surface area contributed by atoms with Gasteiger partial charge in [-0.3, -0.25) is 0 Å². The highest BCUT2D eigenvalue weighted by Crippen LogP contribution is 2.33. The minimum atomic E-state index is -0.440. The molecule has 0 spiro atoms. The Morgan fingerprint density at radius 3 is 2.56 bits per heavy atom. The van der Waals surface area contributed by atoms with E-state index in [0.29, 0.717) is 5.25 Å². The number of halogens is 1. The highest BCUT2D eigenvalue weighted by Gasteiger charge is 2.09. The number of benzene rings is 1. The number of hydrogen-bond acceptors (Lipinski definition) is 3. The van der Waals surface area contributed by atoms with Crippen LogP contribution in [0.2, 0.25) is 0 Å². The van der Waals surface area contributed by atoms with Crippen molar-refractivity contribution in [2.24, 2.45) is 0 Å². The second kappa shape index (κ2) is 6.64. The van der Waals surface area contributed by atoms with E-state index in [1.165, 1.54) is 0 Å². The lowest BCUT2D eigenvalue weighted by Gasteiger charge is -2.12. The summed E-state index contributed by atoms with van der Waals surface area (Å²) in [6.07, 6.45) is 0.347. The molecule has 2 nitrogen and oxygen atoms in total. The van der Waals surface area contributed by atoms with Crippen molar-refractivity contribution >= 4 is 27.7 Å². The van der Waals surface area contributed by atoms with Gasteiger partial charge in [0.25, 0.3) is 0 Å². The van der Waals surface area contributed by atoms with Gasteiger partial charge < -0.3 is 10.2 Å². The Bertz CT molecular complexity index is 342. The van der Waals surface area contributed by atoms with Gasteiger partial charge in [-0.2, -0.15) is 0 Å². The maximum Gasteiger partial charge on any atom is 0.0762 e. The highest BCUT2D eigenvalue weighted by molar-refractivity contribution is 9.10. The van der Waals surface area contributed by atoms with Crippen LogP contribution in [0.4, 0.5) is 0 Å². The van der Waals surface area contributed by atoms with Gasteiger partial charge in [-0.05, 0) is 47.0 Å². The molecule has 1 rings (SSSR count). The van der Waals surface area contributed by atoms with E-state index in [-0.39, 0.29) is 6.61 Å². The number of aliphatic hydroxyl groups is 2. The molecule has 0 fully saturated rings. The maximum atomic E-state index is 9.44. The van der Waals surface area contributed by atoms with Crippen molar-refractivity contribution in [1.82, 2.24) is 0 Å². The predicted molar refractivity (Wildman–Crippen MR) is 71.8 cm³/mol. The fourth-order valence-corrected chi connectivity index (χ4v) is 2.98. The first-order valence-electron chi connectivity index (χ1n) is 5.29. The van der Waals surface area contributed by atoms with Crippen molar-refractivity contribution in [2.75, 3.05) is 6.61 Å². The average Bonchev–Trinajstić information content (AvgIpc) is 2.21. The second-order valence-corrected chi connectivity index (χ2v) is 6.14. The monoisotopic (exact) mass is 304 g/mol. The Labute approximate surface area is 109 Å². The van der Waals surface area contributed by atoms with Crippen LogP contribution in [0.1, 0.15) is 31.9 Å². The summed E-state index contributed by atoms with van der Waals surface area (Å²) in [5, 5.41) is 18.7. The highest BCUT2D eigenvalue weighted by atomic mass is 79.9. The predicted octanol–water partition coefficient (Wildman–Crippen LogP) is 3.37. The maximum absolute atomic E-state index is 9.44. The molecule has 2 unspecified atom stereocenters. The fraction of sp³-hybridized carbons (Fsp3) is 0.500. The molecule has 0 aliphatic rings. The summed E-state index contributed by atoms with van der Waals surface area (Å²) in [4.78, 5) is 1.14. The van der Waals surface area contributed by atoms with Crippen molar-refractivity contribution in [3.63, 3.8) is 0 Å². The van der Waals surface area contributed by atoms with Gasteiger partial charge in [-0.1, -0.05) is 13.0 Å². The van der Waals surface area contributed by atoms with Crippen LogP contribution in [0.5, 0.6) is 0 Å². The van der Waals surface area contributed by atoms with Gasteiger partial charge in [-0.15, -0.1) is 11.8 Å². The first-order valence-corrected chi connectivity index (χ1v) is 6.97. The lowest BCUT2D eigenvalue weighted by molar-refractivity contribution is 0.199. The molecule has 16 heavy (non-hydrogen) atoms. The Kier molecular flexibility index (Phi) is 5.83. The number of aliphatic hydroxyl groups excluding tert-OH is 2. The first kappa shape index (κ1) is 14.0. The van der Waals surface area contributed by atoms with Crippen LogP contribution in [0, 0.1) is 0 Å². The molecule has 2 atom stereocenters. The molecule has 0 aliphatic heterocycles. The van der Waals surface area contributed by atoms with Gasteiger partial charge in [0, 0.05) is 21.2 Å². The topological polar surface area (TPSA) is 40.5 Å². The fourth-order valence-electron chi connectivity index (χ4n) is 1.33.